The number of aromatic nitrogens is 2. The molecule has 0 saturated carbocycles. The van der Waals surface area contributed by atoms with Gasteiger partial charge in [0.2, 0.25) is 0 Å². The molecule has 9 heteroatoms. The molecule has 0 atom stereocenters. The van der Waals surface area contributed by atoms with Gasteiger partial charge < -0.3 is 4.18 Å². The molecule has 0 aliphatic carbocycles. The van der Waals surface area contributed by atoms with E-state index >= 15 is 0 Å². The van der Waals surface area contributed by atoms with Crippen molar-refractivity contribution in [3.05, 3.63) is 51.6 Å². The van der Waals surface area contributed by atoms with E-state index in [1.807, 2.05) is 0 Å². The van der Waals surface area contributed by atoms with Crippen molar-refractivity contribution in [1.29, 1.82) is 0 Å². The number of benzene rings is 2. The molecular formula is C13H7Cl3N2O3S. The van der Waals surface area contributed by atoms with Crippen LogP contribution in [0, 0.1) is 0 Å². The predicted octanol–water partition coefficient (Wildman–Crippen LogP) is 4.29. The number of aromatic amines is 1. The summed E-state index contributed by atoms with van der Waals surface area (Å²) in [4.78, 5) is -0.0469. The minimum atomic E-state index is -4.03. The van der Waals surface area contributed by atoms with E-state index in [1.54, 1.807) is 0 Å². The molecule has 22 heavy (non-hydrogen) atoms. The molecule has 1 aromatic heterocycles. The van der Waals surface area contributed by atoms with E-state index in [2.05, 4.69) is 10.2 Å². The molecule has 0 fully saturated rings. The first-order chi connectivity index (χ1) is 10.4. The maximum Gasteiger partial charge on any atom is 0.339 e. The highest BCUT2D eigenvalue weighted by molar-refractivity contribution is 7.87. The van der Waals surface area contributed by atoms with Crippen LogP contribution in [0.2, 0.25) is 15.2 Å². The van der Waals surface area contributed by atoms with Crippen LogP contribution in [0.5, 0.6) is 5.75 Å². The molecular weight excluding hydrogens is 371 g/mol. The van der Waals surface area contributed by atoms with Gasteiger partial charge in [0.25, 0.3) is 0 Å². The quantitative estimate of drug-likeness (QED) is 0.691. The van der Waals surface area contributed by atoms with Crippen LogP contribution in [-0.2, 0) is 10.1 Å². The van der Waals surface area contributed by atoms with E-state index in [0.29, 0.717) is 15.9 Å². The van der Waals surface area contributed by atoms with Crippen LogP contribution < -0.4 is 4.18 Å². The molecule has 1 N–H and O–H groups in total. The molecule has 2 aromatic carbocycles. The third-order valence-corrected chi connectivity index (χ3v) is 5.13. The Morgan fingerprint density at radius 3 is 2.50 bits per heavy atom. The van der Waals surface area contributed by atoms with E-state index < -0.39 is 10.1 Å². The third kappa shape index (κ3) is 2.87. The van der Waals surface area contributed by atoms with Gasteiger partial charge in [0, 0.05) is 11.5 Å². The van der Waals surface area contributed by atoms with Crippen molar-refractivity contribution < 1.29 is 12.6 Å². The molecule has 0 aliphatic heterocycles. The number of hydrogen-bond acceptors (Lipinski definition) is 4. The fourth-order valence-corrected chi connectivity index (χ4v) is 3.25. The number of nitrogens with one attached hydrogen (secondary N) is 1. The van der Waals surface area contributed by atoms with Crippen LogP contribution in [0.1, 0.15) is 0 Å². The number of nitrogens with zero attached hydrogens (tertiary/aromatic N) is 1. The number of hydrogen-bond donors (Lipinski definition) is 1. The van der Waals surface area contributed by atoms with Crippen molar-refractivity contribution in [2.75, 3.05) is 0 Å². The maximum absolute atomic E-state index is 12.3. The van der Waals surface area contributed by atoms with Crippen LogP contribution in [0.25, 0.3) is 10.9 Å². The molecule has 0 saturated heterocycles. The Labute approximate surface area is 140 Å². The predicted molar refractivity (Wildman–Crippen MR) is 85.4 cm³/mol. The second-order valence-corrected chi connectivity index (χ2v) is 7.07. The minimum Gasteiger partial charge on any atom is -0.379 e. The molecule has 3 rings (SSSR count). The first-order valence-electron chi connectivity index (χ1n) is 5.90. The zero-order valence-corrected chi connectivity index (χ0v) is 13.8. The zero-order chi connectivity index (χ0) is 15.9. The summed E-state index contributed by atoms with van der Waals surface area (Å²) in [6, 6.07) is 8.48. The summed E-state index contributed by atoms with van der Waals surface area (Å²) >= 11 is 17.5. The van der Waals surface area contributed by atoms with Crippen molar-refractivity contribution in [2.45, 2.75) is 4.90 Å². The van der Waals surface area contributed by atoms with Crippen molar-refractivity contribution in [3.63, 3.8) is 0 Å². The largest absolute Gasteiger partial charge is 0.379 e. The van der Waals surface area contributed by atoms with Gasteiger partial charge in [0.1, 0.15) is 15.8 Å². The number of rotatable bonds is 3. The molecule has 0 aliphatic rings. The van der Waals surface area contributed by atoms with Gasteiger partial charge in [-0.1, -0.05) is 34.8 Å². The summed E-state index contributed by atoms with van der Waals surface area (Å²) in [5, 5.41) is 7.73. The normalized spacial score (nSPS) is 11.8. The van der Waals surface area contributed by atoms with Crippen LogP contribution in [-0.4, -0.2) is 18.6 Å². The molecule has 0 radical (unpaired) electrons. The fraction of sp³-hybridized carbons (Fsp3) is 0. The van der Waals surface area contributed by atoms with Crippen LogP contribution in [0.4, 0.5) is 0 Å². The number of H-pyrrole nitrogens is 1. The lowest BCUT2D eigenvalue weighted by Crippen LogP contribution is -2.09. The van der Waals surface area contributed by atoms with Crippen molar-refractivity contribution in [1.82, 2.24) is 10.2 Å². The second kappa shape index (κ2) is 5.62. The first kappa shape index (κ1) is 15.4. The fourth-order valence-electron chi connectivity index (χ4n) is 1.82. The van der Waals surface area contributed by atoms with Crippen molar-refractivity contribution in [2.24, 2.45) is 0 Å². The number of halogens is 3. The lowest BCUT2D eigenvalue weighted by atomic mass is 10.3. The maximum atomic E-state index is 12.3. The van der Waals surface area contributed by atoms with Gasteiger partial charge in [-0.3, -0.25) is 5.10 Å². The van der Waals surface area contributed by atoms with Gasteiger partial charge >= 0.3 is 10.1 Å². The average molecular weight is 378 g/mol. The van der Waals surface area contributed by atoms with Gasteiger partial charge in [-0.05, 0) is 30.3 Å². The molecule has 0 amide bonds. The second-order valence-electron chi connectivity index (χ2n) is 4.33. The minimum absolute atomic E-state index is 0.0469. The summed E-state index contributed by atoms with van der Waals surface area (Å²) in [5.74, 6) is 0.0628. The highest BCUT2D eigenvalue weighted by Crippen LogP contribution is 2.29. The van der Waals surface area contributed by atoms with Crippen LogP contribution in [0.15, 0.2) is 41.3 Å². The summed E-state index contributed by atoms with van der Waals surface area (Å²) < 4.78 is 29.6. The van der Waals surface area contributed by atoms with E-state index in [0.717, 1.165) is 0 Å². The zero-order valence-electron chi connectivity index (χ0n) is 10.7. The Morgan fingerprint density at radius 2 is 1.77 bits per heavy atom. The molecule has 0 bridgehead atoms. The molecule has 5 nitrogen and oxygen atoms in total. The van der Waals surface area contributed by atoms with Gasteiger partial charge in [0.05, 0.1) is 15.6 Å². The topological polar surface area (TPSA) is 72.1 Å². The summed E-state index contributed by atoms with van der Waals surface area (Å²) in [5.41, 5.74) is 0.554. The summed E-state index contributed by atoms with van der Waals surface area (Å²) in [7, 11) is -4.03. The SMILES string of the molecule is O=S(=O)(Oc1ccc(Cl)c(Cl)c1)c1ccc2n[nH]c(Cl)c2c1. The van der Waals surface area contributed by atoms with E-state index in [-0.39, 0.29) is 20.8 Å². The van der Waals surface area contributed by atoms with Crippen LogP contribution >= 0.6 is 34.8 Å². The summed E-state index contributed by atoms with van der Waals surface area (Å²) in [6.45, 7) is 0. The molecule has 1 heterocycles. The Morgan fingerprint density at radius 1 is 1.00 bits per heavy atom. The van der Waals surface area contributed by atoms with E-state index in [9.17, 15) is 8.42 Å². The van der Waals surface area contributed by atoms with Crippen molar-refractivity contribution in [3.8, 4) is 5.75 Å². The highest BCUT2D eigenvalue weighted by atomic mass is 35.5. The van der Waals surface area contributed by atoms with Crippen molar-refractivity contribution >= 4 is 55.8 Å². The number of fused-ring (bicyclic) bond motifs is 1. The van der Waals surface area contributed by atoms with Gasteiger partial charge in [0.15, 0.2) is 0 Å². The molecule has 0 spiro atoms. The smallest absolute Gasteiger partial charge is 0.339 e. The third-order valence-electron chi connectivity index (χ3n) is 2.86. The van der Waals surface area contributed by atoms with Crippen LogP contribution in [0.3, 0.4) is 0 Å². The van der Waals surface area contributed by atoms with Gasteiger partial charge in [-0.15, -0.1) is 0 Å². The molecule has 0 unspecified atom stereocenters. The standard InChI is InChI=1S/C13H7Cl3N2O3S/c14-10-3-1-7(5-11(10)15)21-22(19,20)8-2-4-12-9(6-8)13(16)18-17-12/h1-6H,(H,17,18). The summed E-state index contributed by atoms with van der Waals surface area (Å²) in [6.07, 6.45) is 0. The first-order valence-corrected chi connectivity index (χ1v) is 8.44. The lowest BCUT2D eigenvalue weighted by Gasteiger charge is -2.08. The van der Waals surface area contributed by atoms with E-state index in [4.69, 9.17) is 39.0 Å². The Bertz CT molecular complexity index is 970. The highest BCUT2D eigenvalue weighted by Gasteiger charge is 2.19. The van der Waals surface area contributed by atoms with Gasteiger partial charge in [-0.25, -0.2) is 0 Å². The Kier molecular flexibility index (Phi) is 3.94. The molecule has 3 aromatic rings. The lowest BCUT2D eigenvalue weighted by molar-refractivity contribution is 0.486. The van der Waals surface area contributed by atoms with E-state index in [1.165, 1.54) is 36.4 Å². The average Bonchev–Trinajstić information content (AvgIpc) is 2.84. The van der Waals surface area contributed by atoms with Gasteiger partial charge in [-0.2, -0.15) is 13.5 Å². The molecule has 114 valence electrons. The monoisotopic (exact) mass is 376 g/mol. The Hall–Kier alpha value is -1.47. The Balaban J connectivity index is 2.00.